The van der Waals surface area contributed by atoms with Crippen LogP contribution in [0.5, 0.6) is 0 Å². The lowest BCUT2D eigenvalue weighted by Gasteiger charge is -2.14. The summed E-state index contributed by atoms with van der Waals surface area (Å²) in [6, 6.07) is 10.0. The van der Waals surface area contributed by atoms with Gasteiger partial charge in [0, 0.05) is 11.1 Å². The van der Waals surface area contributed by atoms with E-state index in [0.717, 1.165) is 12.8 Å². The van der Waals surface area contributed by atoms with Gasteiger partial charge in [0.25, 0.3) is 0 Å². The number of esters is 2. The summed E-state index contributed by atoms with van der Waals surface area (Å²) in [6.45, 7) is 18.7. The van der Waals surface area contributed by atoms with Gasteiger partial charge < -0.3 is 9.47 Å². The minimum atomic E-state index is -0.347. The predicted molar refractivity (Wildman–Crippen MR) is 122 cm³/mol. The van der Waals surface area contributed by atoms with Crippen LogP contribution >= 0.6 is 0 Å². The molecule has 0 fully saturated rings. The number of benzene rings is 1. The van der Waals surface area contributed by atoms with Crippen molar-refractivity contribution in [2.24, 2.45) is 5.92 Å². The van der Waals surface area contributed by atoms with Crippen LogP contribution in [0.3, 0.4) is 0 Å². The number of methoxy groups -OCH3 is 1. The monoisotopic (exact) mass is 402 g/mol. The van der Waals surface area contributed by atoms with Crippen LogP contribution in [-0.2, 0) is 19.1 Å². The minimum absolute atomic E-state index is 0.264. The van der Waals surface area contributed by atoms with Crippen LogP contribution in [0.15, 0.2) is 61.2 Å². The van der Waals surface area contributed by atoms with Crippen molar-refractivity contribution in [3.8, 4) is 0 Å². The van der Waals surface area contributed by atoms with Gasteiger partial charge in [-0.15, -0.1) is 0 Å². The van der Waals surface area contributed by atoms with E-state index < -0.39 is 0 Å². The molecular weight excluding hydrogens is 364 g/mol. The van der Waals surface area contributed by atoms with Gasteiger partial charge >= 0.3 is 11.9 Å². The van der Waals surface area contributed by atoms with Gasteiger partial charge in [0.1, 0.15) is 0 Å². The Morgan fingerprint density at radius 3 is 1.90 bits per heavy atom. The zero-order valence-corrected chi connectivity index (χ0v) is 18.8. The zero-order valence-electron chi connectivity index (χ0n) is 18.8. The van der Waals surface area contributed by atoms with Crippen LogP contribution in [0.1, 0.15) is 58.9 Å². The minimum Gasteiger partial charge on any atom is -0.466 e. The maximum Gasteiger partial charge on any atom is 0.333 e. The first-order chi connectivity index (χ1) is 13.7. The van der Waals surface area contributed by atoms with E-state index in [4.69, 9.17) is 4.74 Å². The molecule has 0 radical (unpaired) electrons. The lowest BCUT2D eigenvalue weighted by molar-refractivity contribution is -0.140. The molecule has 29 heavy (non-hydrogen) atoms. The molecule has 0 aliphatic heterocycles. The first-order valence-electron chi connectivity index (χ1n) is 9.97. The Balaban J connectivity index is 0. The van der Waals surface area contributed by atoms with Crippen molar-refractivity contribution in [1.82, 2.24) is 0 Å². The molecule has 0 saturated heterocycles. The quantitative estimate of drug-likeness (QED) is 0.355. The van der Waals surface area contributed by atoms with Gasteiger partial charge in [-0.05, 0) is 31.7 Å². The number of carbonyl (C=O) groups excluding carboxylic acids is 2. The second kappa shape index (κ2) is 18.7. The number of carbonyl (C=O) groups is 2. The van der Waals surface area contributed by atoms with E-state index in [9.17, 15) is 9.59 Å². The molecule has 0 amide bonds. The molecule has 0 aliphatic carbocycles. The van der Waals surface area contributed by atoms with Crippen LogP contribution in [0.4, 0.5) is 0 Å². The van der Waals surface area contributed by atoms with Crippen molar-refractivity contribution in [3.63, 3.8) is 0 Å². The second-order valence-corrected chi connectivity index (χ2v) is 6.68. The smallest absolute Gasteiger partial charge is 0.333 e. The average Bonchev–Trinajstić information content (AvgIpc) is 2.74. The molecule has 0 bridgehead atoms. The summed E-state index contributed by atoms with van der Waals surface area (Å²) in [4.78, 5) is 21.3. The Morgan fingerprint density at radius 2 is 1.59 bits per heavy atom. The predicted octanol–water partition coefficient (Wildman–Crippen LogP) is 6.39. The maximum absolute atomic E-state index is 11.1. The van der Waals surface area contributed by atoms with Crippen LogP contribution in [0.2, 0.25) is 0 Å². The molecule has 1 rings (SSSR count). The highest BCUT2D eigenvalue weighted by molar-refractivity contribution is 5.87. The molecule has 4 nitrogen and oxygen atoms in total. The van der Waals surface area contributed by atoms with Crippen molar-refractivity contribution in [2.45, 2.75) is 53.4 Å². The highest BCUT2D eigenvalue weighted by Gasteiger charge is 2.09. The van der Waals surface area contributed by atoms with Crippen molar-refractivity contribution < 1.29 is 19.1 Å². The van der Waals surface area contributed by atoms with E-state index in [2.05, 4.69) is 38.3 Å². The number of unbranched alkanes of at least 4 members (excludes halogenated alkanes) is 1. The number of ether oxygens (including phenoxy) is 2. The van der Waals surface area contributed by atoms with Gasteiger partial charge in [0.15, 0.2) is 0 Å². The average molecular weight is 403 g/mol. The van der Waals surface area contributed by atoms with Gasteiger partial charge in [-0.3, -0.25) is 0 Å². The van der Waals surface area contributed by atoms with Gasteiger partial charge in [0.2, 0.25) is 0 Å². The van der Waals surface area contributed by atoms with Crippen LogP contribution in [0.25, 0.3) is 6.08 Å². The second-order valence-electron chi connectivity index (χ2n) is 6.68. The van der Waals surface area contributed by atoms with Gasteiger partial charge in [-0.25, -0.2) is 9.59 Å². The molecular formula is C25H38O4. The van der Waals surface area contributed by atoms with Crippen LogP contribution in [0, 0.1) is 5.92 Å². The van der Waals surface area contributed by atoms with Gasteiger partial charge in [-0.1, -0.05) is 89.3 Å². The standard InChI is InChI=1S/C12H22O2.C8H8.C5H8O2/c1-5-7-8-11(6-2)9-14-12(13)10(3)4;1-2-8-6-4-3-5-7-8;1-4(2)5(6)7-3/h11H,3,5-9H2,1-2,4H3;2-7H,1H2;1H2,2-3H3. The van der Waals surface area contributed by atoms with Gasteiger partial charge in [0.05, 0.1) is 13.7 Å². The van der Waals surface area contributed by atoms with Crippen molar-refractivity contribution in [1.29, 1.82) is 0 Å². The van der Waals surface area contributed by atoms with Crippen molar-refractivity contribution in [2.75, 3.05) is 13.7 Å². The van der Waals surface area contributed by atoms with Gasteiger partial charge in [-0.2, -0.15) is 0 Å². The largest absolute Gasteiger partial charge is 0.466 e. The Labute approximate surface area is 177 Å². The molecule has 0 heterocycles. The fourth-order valence-electron chi connectivity index (χ4n) is 1.98. The van der Waals surface area contributed by atoms with E-state index >= 15 is 0 Å². The molecule has 162 valence electrons. The van der Waals surface area contributed by atoms with Crippen LogP contribution in [-0.4, -0.2) is 25.7 Å². The van der Waals surface area contributed by atoms with Crippen molar-refractivity contribution >= 4 is 18.0 Å². The summed E-state index contributed by atoms with van der Waals surface area (Å²) in [5.74, 6) is -0.0989. The Kier molecular flexibility index (Phi) is 18.5. The van der Waals surface area contributed by atoms with Crippen LogP contribution < -0.4 is 0 Å². The Hall–Kier alpha value is -2.62. The summed E-state index contributed by atoms with van der Waals surface area (Å²) in [7, 11) is 1.33. The maximum atomic E-state index is 11.1. The highest BCUT2D eigenvalue weighted by atomic mass is 16.5. The molecule has 0 saturated carbocycles. The number of hydrogen-bond donors (Lipinski definition) is 0. The van der Waals surface area contributed by atoms with E-state index in [1.54, 1.807) is 13.8 Å². The fraction of sp³-hybridized carbons (Fsp3) is 0.440. The Bertz CT molecular complexity index is 617. The van der Waals surface area contributed by atoms with E-state index in [1.807, 2.05) is 36.4 Å². The fourth-order valence-corrected chi connectivity index (χ4v) is 1.98. The Morgan fingerprint density at radius 1 is 1.03 bits per heavy atom. The van der Waals surface area contributed by atoms with E-state index in [-0.39, 0.29) is 11.9 Å². The van der Waals surface area contributed by atoms with E-state index in [1.165, 1.54) is 25.5 Å². The third-order valence-electron chi connectivity index (χ3n) is 3.91. The summed E-state index contributed by atoms with van der Waals surface area (Å²) < 4.78 is 9.39. The molecule has 0 spiro atoms. The summed E-state index contributed by atoms with van der Waals surface area (Å²) in [6.07, 6.45) is 6.47. The zero-order chi connectivity index (χ0) is 22.7. The van der Waals surface area contributed by atoms with E-state index in [0.29, 0.717) is 23.7 Å². The molecule has 0 aliphatic rings. The highest BCUT2D eigenvalue weighted by Crippen LogP contribution is 2.13. The summed E-state index contributed by atoms with van der Waals surface area (Å²) in [5, 5.41) is 0. The summed E-state index contributed by atoms with van der Waals surface area (Å²) in [5.41, 5.74) is 2.09. The molecule has 1 aromatic carbocycles. The molecule has 1 unspecified atom stereocenters. The molecule has 1 atom stereocenters. The lowest BCUT2D eigenvalue weighted by Crippen LogP contribution is -2.14. The first kappa shape index (κ1) is 28.6. The molecule has 0 N–H and O–H groups in total. The molecule has 4 heteroatoms. The third kappa shape index (κ3) is 17.2. The molecule has 1 aromatic rings. The topological polar surface area (TPSA) is 52.6 Å². The third-order valence-corrected chi connectivity index (χ3v) is 3.91. The summed E-state index contributed by atoms with van der Waals surface area (Å²) >= 11 is 0. The number of rotatable bonds is 9. The SMILES string of the molecule is C=C(C)C(=O)OC.C=C(C)C(=O)OCC(CC)CCCC.C=Cc1ccccc1. The van der Waals surface area contributed by atoms with Crippen molar-refractivity contribution in [3.05, 3.63) is 66.8 Å². The molecule has 0 aromatic heterocycles. The first-order valence-corrected chi connectivity index (χ1v) is 9.97. The normalized spacial score (nSPS) is 10.1. The number of hydrogen-bond acceptors (Lipinski definition) is 4. The lowest BCUT2D eigenvalue weighted by atomic mass is 10.0.